The number of benzene rings is 2. The van der Waals surface area contributed by atoms with Crippen molar-refractivity contribution in [1.82, 2.24) is 0 Å². The van der Waals surface area contributed by atoms with Gasteiger partial charge < -0.3 is 4.74 Å². The van der Waals surface area contributed by atoms with Crippen molar-refractivity contribution in [2.45, 2.75) is 89.9 Å². The van der Waals surface area contributed by atoms with E-state index in [1.807, 2.05) is 6.92 Å². The van der Waals surface area contributed by atoms with Crippen LogP contribution in [0.25, 0.3) is 10.8 Å². The Kier molecular flexibility index (Phi) is 7.53. The molecule has 0 aliphatic heterocycles. The van der Waals surface area contributed by atoms with Gasteiger partial charge in [0, 0.05) is 0 Å². The highest BCUT2D eigenvalue weighted by Crippen LogP contribution is 2.57. The molecule has 1 aliphatic rings. The molecule has 2 heteroatoms. The van der Waals surface area contributed by atoms with Crippen molar-refractivity contribution in [1.29, 1.82) is 0 Å². The largest absolute Gasteiger partial charge is 0.465 e. The van der Waals surface area contributed by atoms with Gasteiger partial charge in [0.25, 0.3) is 0 Å². The maximum atomic E-state index is 12.9. The molecule has 28 heavy (non-hydrogen) atoms. The number of unbranched alkanes of at least 4 members (excludes halogenated alkanes) is 9. The van der Waals surface area contributed by atoms with Crippen molar-refractivity contribution in [3.05, 3.63) is 47.5 Å². The van der Waals surface area contributed by atoms with E-state index >= 15 is 0 Å². The second-order valence-corrected chi connectivity index (χ2v) is 8.27. The van der Waals surface area contributed by atoms with Crippen LogP contribution in [0.5, 0.6) is 0 Å². The lowest BCUT2D eigenvalue weighted by molar-refractivity contribution is -0.146. The molecule has 0 bridgehead atoms. The van der Waals surface area contributed by atoms with Gasteiger partial charge in [-0.3, -0.25) is 4.79 Å². The summed E-state index contributed by atoms with van der Waals surface area (Å²) >= 11 is 0. The van der Waals surface area contributed by atoms with Crippen LogP contribution in [-0.4, -0.2) is 12.6 Å². The number of fused-ring (bicyclic) bond motifs is 3. The molecule has 1 aliphatic carbocycles. The van der Waals surface area contributed by atoms with Crippen LogP contribution in [0.2, 0.25) is 0 Å². The molecule has 0 saturated carbocycles. The minimum absolute atomic E-state index is 0.0442. The molecule has 2 nitrogen and oxygen atoms in total. The first-order valence-electron chi connectivity index (χ1n) is 11.5. The minimum atomic E-state index is -0.473. The van der Waals surface area contributed by atoms with Crippen LogP contribution < -0.4 is 0 Å². The van der Waals surface area contributed by atoms with Crippen LogP contribution in [-0.2, 0) is 14.9 Å². The molecular formula is C26H36O2. The monoisotopic (exact) mass is 380 g/mol. The van der Waals surface area contributed by atoms with Gasteiger partial charge >= 0.3 is 5.97 Å². The van der Waals surface area contributed by atoms with Crippen molar-refractivity contribution in [3.63, 3.8) is 0 Å². The highest BCUT2D eigenvalue weighted by atomic mass is 16.5. The fourth-order valence-corrected chi connectivity index (χ4v) is 4.69. The average molecular weight is 381 g/mol. The van der Waals surface area contributed by atoms with Gasteiger partial charge in [0.05, 0.1) is 6.61 Å². The first-order valence-corrected chi connectivity index (χ1v) is 11.5. The zero-order valence-corrected chi connectivity index (χ0v) is 17.8. The quantitative estimate of drug-likeness (QED) is 0.269. The highest BCUT2D eigenvalue weighted by Gasteiger charge is 2.58. The van der Waals surface area contributed by atoms with Gasteiger partial charge in [0.2, 0.25) is 0 Å². The standard InChI is InChI=1S/C26H36O2/c1-3-5-6-7-8-9-10-11-12-15-20-26(25(27)28-4-2)23-19-18-21-16-13-14-17-22(21)24(23)26/h13-14,16-19H,3-12,15,20H2,1-2H3. The van der Waals surface area contributed by atoms with Crippen LogP contribution in [0.4, 0.5) is 0 Å². The van der Waals surface area contributed by atoms with Gasteiger partial charge in [0.15, 0.2) is 0 Å². The molecule has 1 atom stereocenters. The van der Waals surface area contributed by atoms with Crippen LogP contribution >= 0.6 is 0 Å². The molecule has 0 spiro atoms. The zero-order valence-electron chi connectivity index (χ0n) is 17.8. The summed E-state index contributed by atoms with van der Waals surface area (Å²) in [6.07, 6.45) is 14.0. The lowest BCUT2D eigenvalue weighted by Gasteiger charge is -2.15. The summed E-state index contributed by atoms with van der Waals surface area (Å²) in [5, 5.41) is 2.44. The molecule has 0 N–H and O–H groups in total. The van der Waals surface area contributed by atoms with Crippen molar-refractivity contribution < 1.29 is 9.53 Å². The van der Waals surface area contributed by atoms with E-state index in [1.54, 1.807) is 0 Å². The first-order chi connectivity index (χ1) is 13.8. The summed E-state index contributed by atoms with van der Waals surface area (Å²) < 4.78 is 5.50. The third kappa shape index (κ3) is 4.42. The summed E-state index contributed by atoms with van der Waals surface area (Å²) in [6, 6.07) is 12.7. The summed E-state index contributed by atoms with van der Waals surface area (Å²) in [5.41, 5.74) is 1.94. The van der Waals surface area contributed by atoms with Crippen molar-refractivity contribution in [2.24, 2.45) is 0 Å². The van der Waals surface area contributed by atoms with Crippen LogP contribution in [0.3, 0.4) is 0 Å². The average Bonchev–Trinajstić information content (AvgIpc) is 3.39. The summed E-state index contributed by atoms with van der Waals surface area (Å²) in [6.45, 7) is 4.62. The van der Waals surface area contributed by atoms with Gasteiger partial charge in [-0.1, -0.05) is 108 Å². The smallest absolute Gasteiger partial charge is 0.321 e. The van der Waals surface area contributed by atoms with Gasteiger partial charge in [-0.15, -0.1) is 0 Å². The van der Waals surface area contributed by atoms with Crippen LogP contribution in [0, 0.1) is 0 Å². The zero-order chi connectivity index (χ0) is 19.8. The maximum absolute atomic E-state index is 12.9. The lowest BCUT2D eigenvalue weighted by Crippen LogP contribution is -2.25. The van der Waals surface area contributed by atoms with E-state index in [0.29, 0.717) is 6.61 Å². The summed E-state index contributed by atoms with van der Waals surface area (Å²) in [7, 11) is 0. The van der Waals surface area contributed by atoms with E-state index in [0.717, 1.165) is 12.8 Å². The Bertz CT molecular complexity index is 779. The Morgan fingerprint density at radius 3 is 2.14 bits per heavy atom. The maximum Gasteiger partial charge on any atom is 0.321 e. The third-order valence-electron chi connectivity index (χ3n) is 6.28. The molecular weight excluding hydrogens is 344 g/mol. The number of hydrogen-bond acceptors (Lipinski definition) is 2. The Morgan fingerprint density at radius 2 is 1.46 bits per heavy atom. The molecule has 0 fully saturated rings. The molecule has 2 aromatic rings. The van der Waals surface area contributed by atoms with Crippen molar-refractivity contribution >= 4 is 16.7 Å². The Labute approximate surface area is 170 Å². The van der Waals surface area contributed by atoms with E-state index in [-0.39, 0.29) is 5.97 Å². The second-order valence-electron chi connectivity index (χ2n) is 8.27. The van der Waals surface area contributed by atoms with E-state index in [1.165, 1.54) is 79.7 Å². The SMILES string of the molecule is CCCCCCCCCCCCC1(C(=O)OCC)c2ccc3ccccc3c21. The first kappa shape index (κ1) is 20.9. The molecule has 1 unspecified atom stereocenters. The van der Waals surface area contributed by atoms with Crippen LogP contribution in [0.15, 0.2) is 36.4 Å². The number of rotatable bonds is 13. The molecule has 0 heterocycles. The summed E-state index contributed by atoms with van der Waals surface area (Å²) in [4.78, 5) is 12.9. The van der Waals surface area contributed by atoms with E-state index in [4.69, 9.17) is 4.74 Å². The Morgan fingerprint density at radius 1 is 0.821 bits per heavy atom. The van der Waals surface area contributed by atoms with E-state index in [9.17, 15) is 4.79 Å². The number of ether oxygens (including phenoxy) is 1. The number of carbonyl (C=O) groups excluding carboxylic acids is 1. The number of hydrogen-bond donors (Lipinski definition) is 0. The fraction of sp³-hybridized carbons (Fsp3) is 0.577. The van der Waals surface area contributed by atoms with Crippen molar-refractivity contribution in [2.75, 3.05) is 6.61 Å². The Hall–Kier alpha value is -1.83. The molecule has 2 aromatic carbocycles. The van der Waals surface area contributed by atoms with Crippen LogP contribution in [0.1, 0.15) is 95.6 Å². The fourth-order valence-electron chi connectivity index (χ4n) is 4.69. The minimum Gasteiger partial charge on any atom is -0.465 e. The molecule has 0 amide bonds. The Balaban J connectivity index is 1.52. The molecule has 0 saturated heterocycles. The normalized spacial score (nSPS) is 17.5. The molecule has 152 valence electrons. The number of carbonyl (C=O) groups is 1. The van der Waals surface area contributed by atoms with Gasteiger partial charge in [-0.05, 0) is 35.2 Å². The predicted octanol–water partition coefficient (Wildman–Crippen LogP) is 7.31. The predicted molar refractivity (Wildman–Crippen MR) is 118 cm³/mol. The van der Waals surface area contributed by atoms with Gasteiger partial charge in [-0.2, -0.15) is 0 Å². The lowest BCUT2D eigenvalue weighted by atomic mass is 9.92. The molecule has 3 rings (SSSR count). The highest BCUT2D eigenvalue weighted by molar-refractivity contribution is 6.06. The van der Waals surface area contributed by atoms with E-state index in [2.05, 4.69) is 43.3 Å². The second kappa shape index (κ2) is 10.1. The topological polar surface area (TPSA) is 26.3 Å². The summed E-state index contributed by atoms with van der Waals surface area (Å²) in [5.74, 6) is -0.0442. The third-order valence-corrected chi connectivity index (χ3v) is 6.28. The van der Waals surface area contributed by atoms with Crippen molar-refractivity contribution in [3.8, 4) is 0 Å². The molecule has 0 radical (unpaired) electrons. The number of esters is 1. The van der Waals surface area contributed by atoms with E-state index < -0.39 is 5.41 Å². The van der Waals surface area contributed by atoms with Gasteiger partial charge in [0.1, 0.15) is 5.41 Å². The van der Waals surface area contributed by atoms with Gasteiger partial charge in [-0.25, -0.2) is 0 Å². The molecule has 0 aromatic heterocycles.